The van der Waals surface area contributed by atoms with E-state index in [4.69, 9.17) is 42.9 Å². The fourth-order valence-electron chi connectivity index (χ4n) is 7.05. The van der Waals surface area contributed by atoms with E-state index in [1.54, 1.807) is 13.8 Å². The lowest BCUT2D eigenvalue weighted by atomic mass is 9.87. The molecule has 0 amide bonds. The molecule has 4 fully saturated rings. The van der Waals surface area contributed by atoms with Crippen LogP contribution in [0.2, 0.25) is 0 Å². The molecular formula is C29H50O22S2-2. The Bertz CT molecular complexity index is 1160. The molecule has 4 saturated heterocycles. The summed E-state index contributed by atoms with van der Waals surface area (Å²) in [7, 11) is 0. The second kappa shape index (κ2) is 20.3. The average Bonchev–Trinajstić information content (AvgIpc) is 3.09. The molecule has 4 aliphatic heterocycles. The molecule has 7 N–H and O–H groups in total. The van der Waals surface area contributed by atoms with Gasteiger partial charge in [-0.2, -0.15) is 0 Å². The average molecular weight is 815 g/mol. The predicted octanol–water partition coefficient (Wildman–Crippen LogP) is -3.73. The minimum absolute atomic E-state index is 0.391. The van der Waals surface area contributed by atoms with Crippen molar-refractivity contribution in [2.75, 3.05) is 19.8 Å². The molecule has 0 saturated carbocycles. The van der Waals surface area contributed by atoms with E-state index < -0.39 is 165 Å². The summed E-state index contributed by atoms with van der Waals surface area (Å²) in [6.07, 6.45) is -20.2. The highest BCUT2D eigenvalue weighted by Gasteiger charge is 2.51. The second-order valence-corrected chi connectivity index (χ2v) is 14.6. The highest BCUT2D eigenvalue weighted by atomic mass is 32.2. The first-order valence-corrected chi connectivity index (χ1v) is 19.1. The van der Waals surface area contributed by atoms with E-state index in [9.17, 15) is 53.3 Å². The number of rotatable bonds is 16. The Morgan fingerprint density at radius 2 is 0.868 bits per heavy atom. The van der Waals surface area contributed by atoms with Crippen LogP contribution >= 0.6 is 0 Å². The molecule has 0 spiro atoms. The molecule has 0 aliphatic carbocycles. The van der Waals surface area contributed by atoms with E-state index in [-0.39, 0.29) is 0 Å². The maximum Gasteiger partial charge on any atom is 0.184 e. The second-order valence-electron chi connectivity index (χ2n) is 13.5. The Morgan fingerprint density at radius 1 is 0.509 bits per heavy atom. The van der Waals surface area contributed by atoms with Gasteiger partial charge in [0, 0.05) is 23.7 Å². The molecule has 10 unspecified atom stereocenters. The highest BCUT2D eigenvalue weighted by molar-refractivity contribution is 7.74. The van der Waals surface area contributed by atoms with Gasteiger partial charge < -0.3 is 78.0 Å². The number of ether oxygens (including phenoxy) is 7. The molecule has 4 heterocycles. The van der Waals surface area contributed by atoms with Gasteiger partial charge in [0.2, 0.25) is 0 Å². The summed E-state index contributed by atoms with van der Waals surface area (Å²) in [5.41, 5.74) is 0. The lowest BCUT2D eigenvalue weighted by Gasteiger charge is -2.46. The van der Waals surface area contributed by atoms with Gasteiger partial charge in [0.15, 0.2) is 25.2 Å². The predicted molar refractivity (Wildman–Crippen MR) is 167 cm³/mol. The van der Waals surface area contributed by atoms with Gasteiger partial charge in [0.25, 0.3) is 0 Å². The molecule has 22 nitrogen and oxygen atoms in total. The largest absolute Gasteiger partial charge is 0.748 e. The summed E-state index contributed by atoms with van der Waals surface area (Å²) in [4.78, 5) is 10.1. The lowest BCUT2D eigenvalue weighted by Crippen LogP contribution is -2.60. The van der Waals surface area contributed by atoms with Crippen LogP contribution in [0.3, 0.4) is 0 Å². The molecule has 22 atom stereocenters. The van der Waals surface area contributed by atoms with Crippen molar-refractivity contribution >= 4 is 22.7 Å². The summed E-state index contributed by atoms with van der Waals surface area (Å²) in [6, 6.07) is 0. The summed E-state index contributed by atoms with van der Waals surface area (Å²) >= 11 is -6.28. The maximum atomic E-state index is 11.4. The van der Waals surface area contributed by atoms with E-state index in [1.807, 2.05) is 0 Å². The smallest absolute Gasteiger partial charge is 0.184 e. The molecule has 0 aromatic rings. The Hall–Kier alpha value is -0.500. The number of aliphatic hydroxyl groups excluding tert-OH is 7. The van der Waals surface area contributed by atoms with E-state index in [2.05, 4.69) is 8.67 Å². The van der Waals surface area contributed by atoms with Crippen molar-refractivity contribution < 1.29 is 105 Å². The van der Waals surface area contributed by atoms with Crippen LogP contribution in [0.1, 0.15) is 41.0 Å². The van der Waals surface area contributed by atoms with Gasteiger partial charge >= 0.3 is 0 Å². The SMILES string of the molecule is CC[C@@H]1C(O)[C@H](OC[C@@H]2C(O)[C@H](OC[C@@H]3C(O)[C@H](OC[C@@H]4C(O)[C@H](O)OC(C)[C@H]4O)OC(C)[C@H]3OOS(=O)[O-])OC(C)[C@H]2OOS(=O)[O-])OC(C)[C@H]1O. The number of aliphatic hydroxyl groups is 7. The Morgan fingerprint density at radius 3 is 1.28 bits per heavy atom. The van der Waals surface area contributed by atoms with Crippen molar-refractivity contribution in [3.05, 3.63) is 0 Å². The molecule has 312 valence electrons. The first kappa shape index (κ1) is 45.2. The van der Waals surface area contributed by atoms with Crippen molar-refractivity contribution in [3.8, 4) is 0 Å². The molecule has 0 bridgehead atoms. The van der Waals surface area contributed by atoms with Gasteiger partial charge in [0.1, 0.15) is 59.3 Å². The fraction of sp³-hybridized carbons (Fsp3) is 1.00. The Labute approximate surface area is 310 Å². The zero-order chi connectivity index (χ0) is 39.3. The Kier molecular flexibility index (Phi) is 17.3. The molecule has 53 heavy (non-hydrogen) atoms. The van der Waals surface area contributed by atoms with Crippen LogP contribution in [0, 0.1) is 23.7 Å². The van der Waals surface area contributed by atoms with Gasteiger partial charge in [-0.15, -0.1) is 8.67 Å². The molecule has 0 radical (unpaired) electrons. The van der Waals surface area contributed by atoms with E-state index in [0.717, 1.165) is 0 Å². The minimum atomic E-state index is -3.15. The fourth-order valence-corrected chi connectivity index (χ4v) is 7.36. The first-order valence-electron chi connectivity index (χ1n) is 17.1. The van der Waals surface area contributed by atoms with Crippen molar-refractivity contribution in [3.63, 3.8) is 0 Å². The maximum absolute atomic E-state index is 11.4. The van der Waals surface area contributed by atoms with Crippen LogP contribution in [0.25, 0.3) is 0 Å². The Balaban J connectivity index is 1.49. The monoisotopic (exact) mass is 814 g/mol. The van der Waals surface area contributed by atoms with E-state index in [1.165, 1.54) is 20.8 Å². The van der Waals surface area contributed by atoms with Crippen LogP contribution in [0.4, 0.5) is 0 Å². The van der Waals surface area contributed by atoms with Gasteiger partial charge in [-0.1, -0.05) is 6.92 Å². The third kappa shape index (κ3) is 11.1. The van der Waals surface area contributed by atoms with Gasteiger partial charge in [0.05, 0.1) is 56.4 Å². The molecule has 24 heteroatoms. The van der Waals surface area contributed by atoms with E-state index in [0.29, 0.717) is 6.42 Å². The van der Waals surface area contributed by atoms with Crippen LogP contribution in [0.15, 0.2) is 0 Å². The highest BCUT2D eigenvalue weighted by Crippen LogP contribution is 2.36. The number of hydrogen-bond acceptors (Lipinski definition) is 22. The molecule has 4 rings (SSSR count). The van der Waals surface area contributed by atoms with Crippen LogP contribution in [-0.2, 0) is 74.3 Å². The number of hydrogen-bond donors (Lipinski definition) is 7. The van der Waals surface area contributed by atoms with Crippen molar-refractivity contribution in [1.29, 1.82) is 0 Å². The molecule has 4 aliphatic rings. The van der Waals surface area contributed by atoms with E-state index >= 15 is 0 Å². The zero-order valence-electron chi connectivity index (χ0n) is 29.4. The minimum Gasteiger partial charge on any atom is -0.748 e. The van der Waals surface area contributed by atoms with Gasteiger partial charge in [-0.3, -0.25) is 0 Å². The topological polar surface area (TPSA) is 323 Å². The quantitative estimate of drug-likeness (QED) is 0.0447. The zero-order valence-corrected chi connectivity index (χ0v) is 31.1. The molecule has 0 aromatic heterocycles. The van der Waals surface area contributed by atoms with Crippen LogP contribution < -0.4 is 0 Å². The van der Waals surface area contributed by atoms with Crippen molar-refractivity contribution in [2.45, 2.75) is 139 Å². The molecular weight excluding hydrogens is 764 g/mol. The summed E-state index contributed by atoms with van der Waals surface area (Å²) in [5, 5.41) is 74.9. The normalized spacial score (nSPS) is 48.0. The van der Waals surface area contributed by atoms with Crippen molar-refractivity contribution in [2.24, 2.45) is 23.7 Å². The lowest BCUT2D eigenvalue weighted by molar-refractivity contribution is -0.372. The third-order valence-corrected chi connectivity index (χ3v) is 10.5. The van der Waals surface area contributed by atoms with Crippen molar-refractivity contribution in [1.82, 2.24) is 0 Å². The standard InChI is InChI=1S/C29H52O22S2/c1-6-14-18(30)11(3)45-27(21(14)33)42-8-16-23(35)29(47-13(5)25(16)49-51-53(39)40)43-9-17-22(34)28(46-12(4)24(17)48-50-52(37)38)41-7-15-19(31)10(2)44-26(36)20(15)32/h10-36H,6-9H2,1-5H3,(H,37,38)(H,39,40)/p-2/t10?,11?,12?,13?,14-,15-,16+,17+,18+,19+,20?,21?,22?,23?,24+,25+,26+,27+,28+,29+/m0/s1. The molecule has 0 aromatic carbocycles. The summed E-state index contributed by atoms with van der Waals surface area (Å²) < 4.78 is 92.9. The summed E-state index contributed by atoms with van der Waals surface area (Å²) in [6.45, 7) is 6.31. The third-order valence-electron chi connectivity index (χ3n) is 10.1. The van der Waals surface area contributed by atoms with Gasteiger partial charge in [-0.05, 0) is 34.1 Å². The summed E-state index contributed by atoms with van der Waals surface area (Å²) in [5.74, 6) is -4.07. The van der Waals surface area contributed by atoms with Crippen LogP contribution in [0.5, 0.6) is 0 Å². The van der Waals surface area contributed by atoms with Crippen LogP contribution in [-0.4, -0.2) is 171 Å². The van der Waals surface area contributed by atoms with Gasteiger partial charge in [-0.25, -0.2) is 18.2 Å². The first-order chi connectivity index (χ1) is 25.0.